The Morgan fingerprint density at radius 1 is 0.921 bits per heavy atom. The lowest BCUT2D eigenvalue weighted by Crippen LogP contribution is -2.21. The van der Waals surface area contributed by atoms with Gasteiger partial charge in [0.1, 0.15) is 5.82 Å². The van der Waals surface area contributed by atoms with Gasteiger partial charge in [-0.2, -0.15) is 0 Å². The molecule has 38 heavy (non-hydrogen) atoms. The number of halogens is 1. The molecule has 0 radical (unpaired) electrons. The summed E-state index contributed by atoms with van der Waals surface area (Å²) in [5.41, 5.74) is 0.0493. The van der Waals surface area contributed by atoms with Gasteiger partial charge in [-0.05, 0) is 72.4 Å². The summed E-state index contributed by atoms with van der Waals surface area (Å²) in [5, 5.41) is 12.4. The van der Waals surface area contributed by atoms with Crippen LogP contribution in [0.5, 0.6) is 0 Å². The number of nitro benzene ring substituents is 1. The minimum absolute atomic E-state index is 0.0618. The fourth-order valence-corrected chi connectivity index (χ4v) is 5.78. The maximum absolute atomic E-state index is 13.6. The first-order valence-corrected chi connectivity index (χ1v) is 13.3. The van der Waals surface area contributed by atoms with Gasteiger partial charge >= 0.3 is 0 Å². The van der Waals surface area contributed by atoms with Gasteiger partial charge in [0.2, 0.25) is 0 Å². The first kappa shape index (κ1) is 25.1. The van der Waals surface area contributed by atoms with Gasteiger partial charge < -0.3 is 0 Å². The lowest BCUT2D eigenvalue weighted by Gasteiger charge is -2.14. The smallest absolute Gasteiger partial charge is 0.280 e. The standard InChI is InChI=1S/C26H17FN4O5S2/c27-17-10-12-19(13-11-17)30-25(32)21-8-4-5-9-22(21)28-26(30)37-24-15-14-20(16-23(24)31(33)34)38(35,36)29-18-6-2-1-3-7-18/h1-16,29H. The number of fused-ring (bicyclic) bond motifs is 1. The first-order valence-electron chi connectivity index (χ1n) is 11.0. The van der Waals surface area contributed by atoms with Crippen LogP contribution in [0.25, 0.3) is 16.6 Å². The van der Waals surface area contributed by atoms with E-state index in [1.807, 2.05) is 0 Å². The normalized spacial score (nSPS) is 11.4. The molecule has 0 aliphatic carbocycles. The van der Waals surface area contributed by atoms with E-state index < -0.39 is 32.0 Å². The Labute approximate surface area is 219 Å². The number of sulfonamides is 1. The van der Waals surface area contributed by atoms with Crippen LogP contribution in [0.1, 0.15) is 0 Å². The summed E-state index contributed by atoms with van der Waals surface area (Å²) in [7, 11) is -4.12. The average Bonchev–Trinajstić information content (AvgIpc) is 2.90. The largest absolute Gasteiger partial charge is 0.284 e. The molecule has 4 aromatic carbocycles. The summed E-state index contributed by atoms with van der Waals surface area (Å²) in [4.78, 5) is 29.0. The summed E-state index contributed by atoms with van der Waals surface area (Å²) in [6, 6.07) is 23.4. The molecule has 0 bridgehead atoms. The van der Waals surface area contributed by atoms with Crippen LogP contribution in [0.2, 0.25) is 0 Å². The number of nitrogens with zero attached hydrogens (tertiary/aromatic N) is 3. The van der Waals surface area contributed by atoms with Crippen molar-refractivity contribution in [2.24, 2.45) is 0 Å². The number of rotatable bonds is 7. The maximum atomic E-state index is 13.6. The van der Waals surface area contributed by atoms with Crippen LogP contribution in [0.3, 0.4) is 0 Å². The van der Waals surface area contributed by atoms with Gasteiger partial charge in [-0.25, -0.2) is 17.8 Å². The number of nitrogens with one attached hydrogen (secondary N) is 1. The van der Waals surface area contributed by atoms with Crippen molar-refractivity contribution in [1.29, 1.82) is 0 Å². The van der Waals surface area contributed by atoms with E-state index in [0.29, 0.717) is 22.3 Å². The van der Waals surface area contributed by atoms with E-state index in [2.05, 4.69) is 9.71 Å². The molecule has 1 heterocycles. The molecule has 5 rings (SSSR count). The molecule has 0 saturated heterocycles. The van der Waals surface area contributed by atoms with Gasteiger partial charge in [0, 0.05) is 11.8 Å². The van der Waals surface area contributed by atoms with Crippen LogP contribution in [0, 0.1) is 15.9 Å². The summed E-state index contributed by atoms with van der Waals surface area (Å²) >= 11 is 0.822. The lowest BCUT2D eigenvalue weighted by molar-refractivity contribution is -0.388. The molecule has 0 spiro atoms. The third-order valence-electron chi connectivity index (χ3n) is 5.49. The number of nitro groups is 1. The zero-order valence-corrected chi connectivity index (χ0v) is 20.9. The van der Waals surface area contributed by atoms with E-state index in [9.17, 15) is 27.7 Å². The van der Waals surface area contributed by atoms with Gasteiger partial charge in [0.25, 0.3) is 21.3 Å². The minimum Gasteiger partial charge on any atom is -0.280 e. The first-order chi connectivity index (χ1) is 18.2. The Morgan fingerprint density at radius 2 is 1.61 bits per heavy atom. The van der Waals surface area contributed by atoms with Crippen molar-refractivity contribution in [3.8, 4) is 5.69 Å². The van der Waals surface area contributed by atoms with Crippen molar-refractivity contribution in [2.45, 2.75) is 14.9 Å². The molecule has 0 amide bonds. The third-order valence-corrected chi connectivity index (χ3v) is 7.89. The van der Waals surface area contributed by atoms with Crippen molar-refractivity contribution < 1.29 is 17.7 Å². The molecular weight excluding hydrogens is 531 g/mol. The second-order valence-electron chi connectivity index (χ2n) is 7.99. The van der Waals surface area contributed by atoms with Gasteiger partial charge in [-0.3, -0.25) is 24.2 Å². The Bertz CT molecular complexity index is 1840. The minimum atomic E-state index is -4.12. The number of benzene rings is 4. The predicted molar refractivity (Wildman–Crippen MR) is 142 cm³/mol. The Morgan fingerprint density at radius 3 is 2.32 bits per heavy atom. The average molecular weight is 549 g/mol. The molecule has 0 unspecified atom stereocenters. The highest BCUT2D eigenvalue weighted by atomic mass is 32.2. The van der Waals surface area contributed by atoms with Crippen LogP contribution >= 0.6 is 11.8 Å². The number of hydrogen-bond acceptors (Lipinski definition) is 7. The highest BCUT2D eigenvalue weighted by molar-refractivity contribution is 7.99. The van der Waals surface area contributed by atoms with Crippen LogP contribution in [-0.4, -0.2) is 22.9 Å². The van der Waals surface area contributed by atoms with Gasteiger partial charge in [-0.1, -0.05) is 30.3 Å². The van der Waals surface area contributed by atoms with Gasteiger partial charge in [0.15, 0.2) is 5.16 Å². The van der Waals surface area contributed by atoms with Crippen LogP contribution in [0.15, 0.2) is 117 Å². The van der Waals surface area contributed by atoms with Crippen LogP contribution < -0.4 is 10.3 Å². The molecule has 9 nitrogen and oxygen atoms in total. The highest BCUT2D eigenvalue weighted by Crippen LogP contribution is 2.36. The van der Waals surface area contributed by atoms with E-state index in [4.69, 9.17) is 0 Å². The molecule has 0 saturated carbocycles. The predicted octanol–water partition coefficient (Wildman–Crippen LogP) is 5.39. The van der Waals surface area contributed by atoms with Gasteiger partial charge in [0.05, 0.1) is 31.3 Å². The van der Waals surface area contributed by atoms with E-state index in [0.717, 1.165) is 17.8 Å². The fraction of sp³-hybridized carbons (Fsp3) is 0. The molecule has 5 aromatic rings. The lowest BCUT2D eigenvalue weighted by atomic mass is 10.2. The second-order valence-corrected chi connectivity index (χ2v) is 10.7. The molecule has 0 atom stereocenters. The van der Waals surface area contributed by atoms with E-state index >= 15 is 0 Å². The quantitative estimate of drug-likeness (QED) is 0.164. The molecule has 190 valence electrons. The van der Waals surface area contributed by atoms with Crippen molar-refractivity contribution in [3.63, 3.8) is 0 Å². The third kappa shape index (κ3) is 4.99. The number of anilines is 1. The zero-order chi connectivity index (χ0) is 26.9. The molecule has 0 aliphatic rings. The van der Waals surface area contributed by atoms with E-state index in [-0.39, 0.29) is 14.9 Å². The number of aromatic nitrogens is 2. The van der Waals surface area contributed by atoms with Crippen molar-refractivity contribution in [1.82, 2.24) is 9.55 Å². The Balaban J connectivity index is 1.61. The Hall–Kier alpha value is -4.55. The molecule has 1 aromatic heterocycles. The molecule has 0 fully saturated rings. The summed E-state index contributed by atoms with van der Waals surface area (Å²) < 4.78 is 43.0. The summed E-state index contributed by atoms with van der Waals surface area (Å²) in [5.74, 6) is -0.499. The number of hydrogen-bond donors (Lipinski definition) is 1. The molecule has 1 N–H and O–H groups in total. The Kier molecular flexibility index (Phi) is 6.66. The topological polar surface area (TPSA) is 124 Å². The maximum Gasteiger partial charge on any atom is 0.284 e. The summed E-state index contributed by atoms with van der Waals surface area (Å²) in [6.45, 7) is 0. The van der Waals surface area contributed by atoms with E-state index in [1.165, 1.54) is 41.0 Å². The fourth-order valence-electron chi connectivity index (χ4n) is 3.71. The van der Waals surface area contributed by atoms with Gasteiger partial charge in [-0.15, -0.1) is 0 Å². The monoisotopic (exact) mass is 548 g/mol. The molecule has 12 heteroatoms. The van der Waals surface area contributed by atoms with Crippen molar-refractivity contribution in [2.75, 3.05) is 4.72 Å². The van der Waals surface area contributed by atoms with Crippen LogP contribution in [-0.2, 0) is 10.0 Å². The SMILES string of the molecule is O=c1c2ccccc2nc(Sc2ccc(S(=O)(=O)Nc3ccccc3)cc2[N+](=O)[O-])n1-c1ccc(F)cc1. The summed E-state index contributed by atoms with van der Waals surface area (Å²) in [6.07, 6.45) is 0. The van der Waals surface area contributed by atoms with E-state index in [1.54, 1.807) is 54.6 Å². The second kappa shape index (κ2) is 10.1. The van der Waals surface area contributed by atoms with Crippen molar-refractivity contribution >= 4 is 44.1 Å². The zero-order valence-electron chi connectivity index (χ0n) is 19.3. The molecule has 0 aliphatic heterocycles. The molecular formula is C26H17FN4O5S2. The van der Waals surface area contributed by atoms with Crippen molar-refractivity contribution in [3.05, 3.63) is 123 Å². The highest BCUT2D eigenvalue weighted by Gasteiger charge is 2.24. The number of para-hydroxylation sites is 2. The van der Waals surface area contributed by atoms with Crippen LogP contribution in [0.4, 0.5) is 15.8 Å².